The second-order valence-electron chi connectivity index (χ2n) is 3.64. The second kappa shape index (κ2) is 4.80. The van der Waals surface area contributed by atoms with Gasteiger partial charge in [0.2, 0.25) is 0 Å². The monoisotopic (exact) mass is 261 g/mol. The molecule has 1 aromatic carbocycles. The molecule has 1 aromatic rings. The van der Waals surface area contributed by atoms with Crippen LogP contribution in [-0.2, 0) is 14.6 Å². The molecule has 1 unspecified atom stereocenters. The molecule has 0 aliphatic carbocycles. The van der Waals surface area contributed by atoms with Gasteiger partial charge in [-0.25, -0.2) is 12.8 Å². The Morgan fingerprint density at radius 2 is 2.12 bits per heavy atom. The van der Waals surface area contributed by atoms with E-state index in [-0.39, 0.29) is 10.5 Å². The molecule has 94 valence electrons. The molecule has 0 saturated carbocycles. The fourth-order valence-corrected chi connectivity index (χ4v) is 2.65. The maximum Gasteiger partial charge on any atom is 0.321 e. The lowest BCUT2D eigenvalue weighted by atomic mass is 10.2. The van der Waals surface area contributed by atoms with E-state index in [1.54, 1.807) is 0 Å². The molecule has 0 aliphatic rings. The van der Waals surface area contributed by atoms with Crippen molar-refractivity contribution < 1.29 is 22.7 Å². The van der Waals surface area contributed by atoms with Gasteiger partial charge in [0.25, 0.3) is 0 Å². The van der Waals surface area contributed by atoms with Crippen molar-refractivity contribution >= 4 is 15.8 Å². The van der Waals surface area contributed by atoms with Gasteiger partial charge in [-0.15, -0.1) is 0 Å². The summed E-state index contributed by atoms with van der Waals surface area (Å²) in [7, 11) is -3.82. The Morgan fingerprint density at radius 1 is 1.53 bits per heavy atom. The molecule has 0 saturated heterocycles. The summed E-state index contributed by atoms with van der Waals surface area (Å²) in [6.07, 6.45) is 0. The van der Waals surface area contributed by atoms with Crippen LogP contribution < -0.4 is 5.73 Å². The average molecular weight is 261 g/mol. The molecule has 1 rings (SSSR count). The number of aliphatic carboxylic acids is 1. The lowest BCUT2D eigenvalue weighted by Gasteiger charge is -2.08. The van der Waals surface area contributed by atoms with Gasteiger partial charge in [-0.3, -0.25) is 4.79 Å². The van der Waals surface area contributed by atoms with Crippen molar-refractivity contribution in [1.82, 2.24) is 0 Å². The number of halogens is 1. The predicted molar refractivity (Wildman–Crippen MR) is 58.8 cm³/mol. The molecule has 0 radical (unpaired) electrons. The lowest BCUT2D eigenvalue weighted by Crippen LogP contribution is -2.37. The maximum atomic E-state index is 13.0. The fourth-order valence-electron chi connectivity index (χ4n) is 1.21. The molecule has 0 bridgehead atoms. The number of rotatable bonds is 4. The van der Waals surface area contributed by atoms with Crippen LogP contribution in [0.4, 0.5) is 4.39 Å². The van der Waals surface area contributed by atoms with Crippen molar-refractivity contribution in [1.29, 1.82) is 0 Å². The Balaban J connectivity index is 3.05. The molecule has 0 aromatic heterocycles. The van der Waals surface area contributed by atoms with Gasteiger partial charge in [0.05, 0.1) is 10.6 Å². The van der Waals surface area contributed by atoms with Gasteiger partial charge in [-0.05, 0) is 30.7 Å². The van der Waals surface area contributed by atoms with Gasteiger partial charge < -0.3 is 10.8 Å². The van der Waals surface area contributed by atoms with E-state index < -0.39 is 33.4 Å². The topological polar surface area (TPSA) is 97.5 Å². The molecular weight excluding hydrogens is 249 g/mol. The Hall–Kier alpha value is -1.47. The Bertz CT molecular complexity index is 541. The first kappa shape index (κ1) is 13.6. The minimum absolute atomic E-state index is 0.131. The molecule has 17 heavy (non-hydrogen) atoms. The van der Waals surface area contributed by atoms with Gasteiger partial charge in [0.1, 0.15) is 11.9 Å². The highest BCUT2D eigenvalue weighted by Gasteiger charge is 2.23. The van der Waals surface area contributed by atoms with Gasteiger partial charge in [-0.1, -0.05) is 0 Å². The number of hydrogen-bond acceptors (Lipinski definition) is 4. The molecule has 0 fully saturated rings. The number of hydrogen-bond donors (Lipinski definition) is 2. The highest BCUT2D eigenvalue weighted by molar-refractivity contribution is 7.91. The zero-order valence-electron chi connectivity index (χ0n) is 9.05. The number of nitrogens with two attached hydrogens (primary N) is 1. The minimum Gasteiger partial charge on any atom is -0.480 e. The van der Waals surface area contributed by atoms with Gasteiger partial charge >= 0.3 is 5.97 Å². The number of carboxylic acid groups (broad SMARTS) is 1. The van der Waals surface area contributed by atoms with Crippen molar-refractivity contribution in [2.75, 3.05) is 5.75 Å². The van der Waals surface area contributed by atoms with Gasteiger partial charge in [-0.2, -0.15) is 0 Å². The van der Waals surface area contributed by atoms with Crippen LogP contribution in [0.2, 0.25) is 0 Å². The van der Waals surface area contributed by atoms with Crippen molar-refractivity contribution in [3.05, 3.63) is 29.6 Å². The summed E-state index contributed by atoms with van der Waals surface area (Å²) < 4.78 is 36.5. The summed E-state index contributed by atoms with van der Waals surface area (Å²) in [5, 5.41) is 8.54. The summed E-state index contributed by atoms with van der Waals surface area (Å²) in [5.74, 6) is -2.63. The zero-order chi connectivity index (χ0) is 13.2. The number of carbonyl (C=O) groups is 1. The third-order valence-corrected chi connectivity index (χ3v) is 3.97. The number of aryl methyl sites for hydroxylation is 1. The molecule has 1 atom stereocenters. The lowest BCUT2D eigenvalue weighted by molar-refractivity contribution is -0.137. The minimum atomic E-state index is -3.82. The van der Waals surface area contributed by atoms with Gasteiger partial charge in [0, 0.05) is 0 Å². The summed E-state index contributed by atoms with van der Waals surface area (Å²) in [4.78, 5) is 10.3. The number of sulfone groups is 1. The van der Waals surface area contributed by atoms with E-state index in [9.17, 15) is 17.6 Å². The second-order valence-corrected chi connectivity index (χ2v) is 5.67. The largest absolute Gasteiger partial charge is 0.480 e. The Kier molecular flexibility index (Phi) is 3.84. The summed E-state index contributed by atoms with van der Waals surface area (Å²) >= 11 is 0. The predicted octanol–water partition coefficient (Wildman–Crippen LogP) is 0.320. The van der Waals surface area contributed by atoms with E-state index >= 15 is 0 Å². The normalized spacial score (nSPS) is 13.4. The summed E-state index contributed by atoms with van der Waals surface area (Å²) in [6.45, 7) is 1.42. The first-order chi connectivity index (χ1) is 7.74. The van der Waals surface area contributed by atoms with Crippen molar-refractivity contribution in [2.24, 2.45) is 5.73 Å². The van der Waals surface area contributed by atoms with Gasteiger partial charge in [0.15, 0.2) is 9.84 Å². The Labute approximate surface area is 98.0 Å². The van der Waals surface area contributed by atoms with Crippen molar-refractivity contribution in [2.45, 2.75) is 17.9 Å². The zero-order valence-corrected chi connectivity index (χ0v) is 9.87. The first-order valence-corrected chi connectivity index (χ1v) is 6.36. The fraction of sp³-hybridized carbons (Fsp3) is 0.300. The van der Waals surface area contributed by atoms with Crippen LogP contribution in [0.5, 0.6) is 0 Å². The summed E-state index contributed by atoms with van der Waals surface area (Å²) in [6, 6.07) is 1.77. The van der Waals surface area contributed by atoms with E-state index in [1.807, 2.05) is 0 Å². The Morgan fingerprint density at radius 3 is 2.59 bits per heavy atom. The highest BCUT2D eigenvalue weighted by Crippen LogP contribution is 2.16. The quantitative estimate of drug-likeness (QED) is 0.761. The van der Waals surface area contributed by atoms with E-state index in [0.29, 0.717) is 0 Å². The third kappa shape index (κ3) is 3.24. The average Bonchev–Trinajstić information content (AvgIpc) is 2.21. The SMILES string of the molecule is Cc1cc(S(=O)(=O)CC(N)C(=O)O)ccc1F. The first-order valence-electron chi connectivity index (χ1n) is 4.71. The van der Waals surface area contributed by atoms with E-state index in [2.05, 4.69) is 0 Å². The van der Waals surface area contributed by atoms with Crippen LogP contribution in [0.3, 0.4) is 0 Å². The van der Waals surface area contributed by atoms with Crippen LogP contribution in [-0.4, -0.2) is 31.3 Å². The smallest absolute Gasteiger partial charge is 0.321 e. The van der Waals surface area contributed by atoms with Crippen molar-refractivity contribution in [3.63, 3.8) is 0 Å². The summed E-state index contributed by atoms with van der Waals surface area (Å²) in [5.41, 5.74) is 5.33. The van der Waals surface area contributed by atoms with Crippen LogP contribution >= 0.6 is 0 Å². The van der Waals surface area contributed by atoms with E-state index in [1.165, 1.54) is 6.92 Å². The standard InChI is InChI=1S/C10H12FNO4S/c1-6-4-7(2-3-8(6)11)17(15,16)5-9(12)10(13)14/h2-4,9H,5,12H2,1H3,(H,13,14). The van der Waals surface area contributed by atoms with Crippen LogP contribution in [0.1, 0.15) is 5.56 Å². The van der Waals surface area contributed by atoms with Crippen LogP contribution in [0.25, 0.3) is 0 Å². The maximum absolute atomic E-state index is 13.0. The molecule has 0 spiro atoms. The molecule has 5 nitrogen and oxygen atoms in total. The number of carboxylic acids is 1. The van der Waals surface area contributed by atoms with Crippen LogP contribution in [0.15, 0.2) is 23.1 Å². The third-order valence-electron chi connectivity index (χ3n) is 2.20. The number of benzene rings is 1. The molecule has 0 heterocycles. The highest BCUT2D eigenvalue weighted by atomic mass is 32.2. The van der Waals surface area contributed by atoms with Crippen LogP contribution in [0, 0.1) is 12.7 Å². The van der Waals surface area contributed by atoms with E-state index in [4.69, 9.17) is 10.8 Å². The molecule has 0 aliphatic heterocycles. The molecule has 7 heteroatoms. The molecular formula is C10H12FNO4S. The van der Waals surface area contributed by atoms with E-state index in [0.717, 1.165) is 18.2 Å². The van der Waals surface area contributed by atoms with Crippen molar-refractivity contribution in [3.8, 4) is 0 Å². The molecule has 0 amide bonds. The molecule has 3 N–H and O–H groups in total.